The average Bonchev–Trinajstić information content (AvgIpc) is 3.39. The van der Waals surface area contributed by atoms with Gasteiger partial charge in [-0.15, -0.1) is 11.3 Å². The number of benzene rings is 2. The molecule has 3 heterocycles. The number of aromatic nitrogens is 2. The monoisotopic (exact) mass is 551 g/mol. The van der Waals surface area contributed by atoms with Gasteiger partial charge in [0, 0.05) is 12.1 Å². The van der Waals surface area contributed by atoms with Gasteiger partial charge in [-0.2, -0.15) is 0 Å². The lowest BCUT2D eigenvalue weighted by molar-refractivity contribution is -0.0593. The summed E-state index contributed by atoms with van der Waals surface area (Å²) in [5.41, 5.74) is 2.83. The molecule has 0 N–H and O–H groups in total. The summed E-state index contributed by atoms with van der Waals surface area (Å²) in [5.74, 6) is -0.645. The minimum absolute atomic E-state index is 0.0131. The Labute approximate surface area is 228 Å². The van der Waals surface area contributed by atoms with Crippen LogP contribution in [0.15, 0.2) is 60.7 Å². The molecule has 38 heavy (non-hydrogen) atoms. The molecule has 1 radical (unpaired) electrons. The molecule has 9 heteroatoms. The van der Waals surface area contributed by atoms with Gasteiger partial charge in [0.15, 0.2) is 10.7 Å². The van der Waals surface area contributed by atoms with Crippen molar-refractivity contribution >= 4 is 36.7 Å². The molecule has 0 saturated carbocycles. The second kappa shape index (κ2) is 11.1. The molecule has 0 unspecified atom stereocenters. The number of ether oxygens (including phenoxy) is 2. The van der Waals surface area contributed by atoms with Crippen molar-refractivity contribution in [2.45, 2.75) is 57.0 Å². The van der Waals surface area contributed by atoms with Crippen LogP contribution < -0.4 is 0 Å². The van der Waals surface area contributed by atoms with E-state index in [4.69, 9.17) is 18.9 Å². The van der Waals surface area contributed by atoms with E-state index >= 15 is 4.39 Å². The van der Waals surface area contributed by atoms with Crippen LogP contribution in [0.1, 0.15) is 59.4 Å². The highest BCUT2D eigenvalue weighted by Crippen LogP contribution is 2.41. The molecular weight excluding hydrogens is 519 g/mol. The lowest BCUT2D eigenvalue weighted by atomic mass is 10.0. The summed E-state index contributed by atoms with van der Waals surface area (Å²) in [5, 5.41) is -0.115. The first-order chi connectivity index (χ1) is 18.3. The standard InChI is InChI=1S/C29H32FN2O4SSi/c1-29(2,3)38(26(19-11-7-5-8-12-19)20-13-9-6-10-14-20)36-18-22-31-27-24(32(22)17-21-15-16-35-21)23(30)25(37-27)28(33)34-4/h5-14,21,26H,15-18H2,1-4H3/t21-/m0/s1. The van der Waals surface area contributed by atoms with E-state index in [-0.39, 0.29) is 28.2 Å². The largest absolute Gasteiger partial charge is 0.465 e. The number of fused-ring (bicyclic) bond motifs is 1. The number of imidazole rings is 1. The first-order valence-corrected chi connectivity index (χ1v) is 15.1. The second-order valence-corrected chi connectivity index (χ2v) is 14.6. The molecule has 2 aromatic carbocycles. The minimum atomic E-state index is -1.54. The fourth-order valence-corrected chi connectivity index (χ4v) is 8.57. The zero-order valence-corrected chi connectivity index (χ0v) is 23.9. The molecule has 199 valence electrons. The van der Waals surface area contributed by atoms with E-state index in [2.05, 4.69) is 69.3 Å². The highest BCUT2D eigenvalue weighted by molar-refractivity contribution is 7.20. The number of rotatable bonds is 9. The maximum Gasteiger partial charge on any atom is 0.351 e. The van der Waals surface area contributed by atoms with Crippen molar-refractivity contribution in [2.75, 3.05) is 13.7 Å². The van der Waals surface area contributed by atoms with Gasteiger partial charge in [-0.1, -0.05) is 81.4 Å². The van der Waals surface area contributed by atoms with Crippen LogP contribution in [0, 0.1) is 5.82 Å². The third-order valence-corrected chi connectivity index (χ3v) is 10.9. The summed E-state index contributed by atoms with van der Waals surface area (Å²) < 4.78 is 34.6. The van der Waals surface area contributed by atoms with E-state index in [0.717, 1.165) is 17.8 Å². The lowest BCUT2D eigenvalue weighted by Crippen LogP contribution is -2.38. The normalized spacial score (nSPS) is 15.8. The molecule has 4 aromatic rings. The van der Waals surface area contributed by atoms with Gasteiger partial charge in [0.25, 0.3) is 0 Å². The summed E-state index contributed by atoms with van der Waals surface area (Å²) in [6.07, 6.45) is 0.886. The Bertz CT molecular complexity index is 1360. The maximum absolute atomic E-state index is 15.4. The Morgan fingerprint density at radius 1 is 1.16 bits per heavy atom. The number of carbonyl (C=O) groups excluding carboxylic acids is 1. The number of hydrogen-bond acceptors (Lipinski definition) is 6. The van der Waals surface area contributed by atoms with Gasteiger partial charge in [-0.25, -0.2) is 14.2 Å². The SMILES string of the molecule is COC(=O)c1sc2nc(CO[Si](C(c3ccccc3)c3ccccc3)C(C)(C)C)n(C[C@@H]3CCO3)c2c1F. The molecule has 1 atom stereocenters. The maximum atomic E-state index is 15.4. The Morgan fingerprint density at radius 2 is 1.76 bits per heavy atom. The van der Waals surface area contributed by atoms with Crippen LogP contribution in [0.2, 0.25) is 5.04 Å². The van der Waals surface area contributed by atoms with Crippen LogP contribution >= 0.6 is 11.3 Å². The molecule has 1 saturated heterocycles. The molecule has 0 bridgehead atoms. The van der Waals surface area contributed by atoms with Gasteiger partial charge >= 0.3 is 5.97 Å². The number of hydrogen-bond donors (Lipinski definition) is 0. The third-order valence-electron chi connectivity index (χ3n) is 6.80. The number of carbonyl (C=O) groups is 1. The number of methoxy groups -OCH3 is 1. The summed E-state index contributed by atoms with van der Waals surface area (Å²) in [6.45, 7) is 8.05. The fraction of sp³-hybridized carbons (Fsp3) is 0.379. The third kappa shape index (κ3) is 5.33. The van der Waals surface area contributed by atoms with Crippen molar-refractivity contribution in [3.63, 3.8) is 0 Å². The molecule has 0 amide bonds. The van der Waals surface area contributed by atoms with E-state index in [9.17, 15) is 4.79 Å². The molecule has 6 nitrogen and oxygen atoms in total. The lowest BCUT2D eigenvalue weighted by Gasteiger charge is -2.35. The van der Waals surface area contributed by atoms with Crippen molar-refractivity contribution in [2.24, 2.45) is 0 Å². The first kappa shape index (κ1) is 26.7. The van der Waals surface area contributed by atoms with Crippen molar-refractivity contribution in [1.29, 1.82) is 0 Å². The van der Waals surface area contributed by atoms with E-state index < -0.39 is 20.8 Å². The van der Waals surface area contributed by atoms with E-state index in [1.165, 1.54) is 18.2 Å². The highest BCUT2D eigenvalue weighted by Gasteiger charge is 2.39. The van der Waals surface area contributed by atoms with E-state index in [0.29, 0.717) is 29.3 Å². The highest BCUT2D eigenvalue weighted by atomic mass is 32.1. The summed E-state index contributed by atoms with van der Waals surface area (Å²) in [4.78, 5) is 17.3. The fourth-order valence-electron chi connectivity index (χ4n) is 4.83. The van der Waals surface area contributed by atoms with E-state index in [1.54, 1.807) is 0 Å². The number of thiophene rings is 1. The molecular formula is C29H32FN2O4SSi. The van der Waals surface area contributed by atoms with Crippen LogP contribution in [-0.4, -0.2) is 44.4 Å². The zero-order chi connectivity index (χ0) is 26.9. The smallest absolute Gasteiger partial charge is 0.351 e. The topological polar surface area (TPSA) is 62.6 Å². The Kier molecular flexibility index (Phi) is 7.81. The van der Waals surface area contributed by atoms with E-state index in [1.807, 2.05) is 16.7 Å². The minimum Gasteiger partial charge on any atom is -0.465 e. The van der Waals surface area contributed by atoms with Gasteiger partial charge in [0.05, 0.1) is 26.4 Å². The number of nitrogens with zero attached hydrogens (tertiary/aromatic N) is 2. The first-order valence-electron chi connectivity index (χ1n) is 12.7. The van der Waals surface area contributed by atoms with Gasteiger partial charge in [0.1, 0.15) is 16.2 Å². The summed E-state index contributed by atoms with van der Waals surface area (Å²) in [6, 6.07) is 20.9. The molecule has 2 aromatic heterocycles. The molecule has 0 aliphatic carbocycles. The van der Waals surface area contributed by atoms with Crippen LogP contribution in [0.4, 0.5) is 4.39 Å². The van der Waals surface area contributed by atoms with Crippen LogP contribution in [0.3, 0.4) is 0 Å². The quantitative estimate of drug-likeness (QED) is 0.176. The predicted molar refractivity (Wildman–Crippen MR) is 148 cm³/mol. The Balaban J connectivity index is 1.52. The Morgan fingerprint density at radius 3 is 2.26 bits per heavy atom. The predicted octanol–water partition coefficient (Wildman–Crippen LogP) is 6.49. The van der Waals surface area contributed by atoms with Crippen molar-refractivity contribution < 1.29 is 23.1 Å². The van der Waals surface area contributed by atoms with Gasteiger partial charge in [-0.3, -0.25) is 0 Å². The zero-order valence-electron chi connectivity index (χ0n) is 22.1. The molecule has 1 fully saturated rings. The molecule has 1 aliphatic rings. The summed E-state index contributed by atoms with van der Waals surface area (Å²) >= 11 is 1.01. The van der Waals surface area contributed by atoms with Crippen molar-refractivity contribution in [3.8, 4) is 0 Å². The molecule has 1 aliphatic heterocycles. The summed E-state index contributed by atoms with van der Waals surface area (Å²) in [7, 11) is -0.290. The van der Waals surface area contributed by atoms with Gasteiger partial charge in [0.2, 0.25) is 9.04 Å². The van der Waals surface area contributed by atoms with Crippen LogP contribution in [-0.2, 0) is 27.1 Å². The van der Waals surface area contributed by atoms with Crippen molar-refractivity contribution in [1.82, 2.24) is 9.55 Å². The Hall–Kier alpha value is -2.85. The average molecular weight is 552 g/mol. The van der Waals surface area contributed by atoms with Crippen LogP contribution in [0.5, 0.6) is 0 Å². The molecule has 0 spiro atoms. The van der Waals surface area contributed by atoms with Crippen LogP contribution in [0.25, 0.3) is 10.3 Å². The van der Waals surface area contributed by atoms with Crippen molar-refractivity contribution in [3.05, 3.63) is 88.3 Å². The number of halogens is 1. The number of esters is 1. The molecule has 5 rings (SSSR count). The van der Waals surface area contributed by atoms with Gasteiger partial charge < -0.3 is 18.5 Å². The van der Waals surface area contributed by atoms with Gasteiger partial charge in [-0.05, 0) is 22.6 Å². The second-order valence-electron chi connectivity index (χ2n) is 10.5.